The Labute approximate surface area is 312 Å². The van der Waals surface area contributed by atoms with E-state index >= 15 is 0 Å². The van der Waals surface area contributed by atoms with Crippen LogP contribution >= 0.6 is 11.8 Å². The van der Waals surface area contributed by atoms with E-state index in [1.54, 1.807) is 6.07 Å². The minimum Gasteiger partial charge on any atom is -1.00 e. The third-order valence-corrected chi connectivity index (χ3v) is 8.99. The van der Waals surface area contributed by atoms with Crippen molar-refractivity contribution in [2.45, 2.75) is 114 Å². The molecular weight excluding hydrogens is 598 g/mol. The number of benzene rings is 2. The van der Waals surface area contributed by atoms with Crippen LogP contribution in [0.2, 0.25) is 0 Å². The normalized spacial score (nSPS) is 12.2. The Bertz CT molecular complexity index is 1400. The predicted molar refractivity (Wildman–Crippen MR) is 170 cm³/mol. The van der Waals surface area contributed by atoms with Gasteiger partial charge in [0.25, 0.3) is 0 Å². The van der Waals surface area contributed by atoms with Crippen LogP contribution in [0.15, 0.2) is 56.6 Å². The van der Waals surface area contributed by atoms with Gasteiger partial charge in [-0.3, -0.25) is 9.59 Å². The maximum Gasteiger partial charge on any atom is 1.00 e. The van der Waals surface area contributed by atoms with Crippen molar-refractivity contribution in [3.8, 4) is 0 Å². The molecule has 2 unspecified atom stereocenters. The van der Waals surface area contributed by atoms with E-state index in [0.717, 1.165) is 41.4 Å². The van der Waals surface area contributed by atoms with Crippen molar-refractivity contribution in [2.24, 2.45) is 0 Å². The molecule has 1 heterocycles. The number of carboxylic acid groups (broad SMARTS) is 2. The number of carbonyl (C=O) groups is 2. The monoisotopic (exact) mass is 644 g/mol. The summed E-state index contributed by atoms with van der Waals surface area (Å²) in [5, 5.41) is 29.9. The molecule has 3 N–H and O–H groups in total. The summed E-state index contributed by atoms with van der Waals surface area (Å²) < 4.78 is 5.73. The van der Waals surface area contributed by atoms with E-state index in [1.165, 1.54) is 55.9 Å². The molecule has 0 aliphatic carbocycles. The van der Waals surface area contributed by atoms with Gasteiger partial charge in [0.05, 0.1) is 16.7 Å². The van der Waals surface area contributed by atoms with E-state index in [1.807, 2.05) is 25.1 Å². The number of rotatable bonds is 19. The van der Waals surface area contributed by atoms with Crippen LogP contribution in [-0.4, -0.2) is 33.4 Å². The first-order valence-corrected chi connectivity index (χ1v) is 16.1. The van der Waals surface area contributed by atoms with E-state index in [9.17, 15) is 24.6 Å². The van der Waals surface area contributed by atoms with Crippen LogP contribution in [0.5, 0.6) is 0 Å². The van der Waals surface area contributed by atoms with Gasteiger partial charge in [-0.1, -0.05) is 83.1 Å². The summed E-state index contributed by atoms with van der Waals surface area (Å²) in [5.74, 6) is -2.61. The summed E-state index contributed by atoms with van der Waals surface area (Å²) in [4.78, 5) is 36.2. The molecule has 0 aliphatic rings. The zero-order chi connectivity index (χ0) is 30.5. The van der Waals surface area contributed by atoms with Crippen LogP contribution in [0, 0.1) is 0 Å². The molecule has 0 aliphatic heterocycles. The van der Waals surface area contributed by atoms with Crippen LogP contribution in [0.4, 0.5) is 0 Å². The number of thioether (sulfide) groups is 1. The maximum absolute atomic E-state index is 12.7. The number of aromatic carboxylic acids is 1. The molecule has 0 saturated heterocycles. The number of aliphatic hydroxyl groups excluding tert-OH is 1. The quantitative estimate of drug-likeness (QED) is 0.103. The zero-order valence-corrected chi connectivity index (χ0v) is 31.6. The molecule has 0 bridgehead atoms. The van der Waals surface area contributed by atoms with Gasteiger partial charge in [0, 0.05) is 22.9 Å². The van der Waals surface area contributed by atoms with E-state index in [-0.39, 0.29) is 74.0 Å². The van der Waals surface area contributed by atoms with E-state index in [4.69, 9.17) is 9.52 Å². The van der Waals surface area contributed by atoms with Gasteiger partial charge in [0.15, 0.2) is 5.43 Å². The summed E-state index contributed by atoms with van der Waals surface area (Å²) >= 11 is 1.45. The van der Waals surface area contributed by atoms with Gasteiger partial charge in [-0.2, -0.15) is 0 Å². The third-order valence-electron chi connectivity index (χ3n) is 7.51. The van der Waals surface area contributed by atoms with Gasteiger partial charge >= 0.3 is 71.1 Å². The average molecular weight is 645 g/mol. The zero-order valence-electron chi connectivity index (χ0n) is 28.8. The fourth-order valence-corrected chi connectivity index (χ4v) is 6.62. The summed E-state index contributed by atoms with van der Waals surface area (Å²) in [6.07, 6.45) is 10.7. The molecule has 7 nitrogen and oxygen atoms in total. The summed E-state index contributed by atoms with van der Waals surface area (Å²) in [7, 11) is 0. The van der Waals surface area contributed by atoms with Crippen LogP contribution in [0.3, 0.4) is 0 Å². The van der Waals surface area contributed by atoms with Gasteiger partial charge < -0.3 is 22.6 Å². The molecule has 0 spiro atoms. The average Bonchev–Trinajstić information content (AvgIpc) is 2.96. The maximum atomic E-state index is 12.7. The van der Waals surface area contributed by atoms with Crippen molar-refractivity contribution >= 4 is 34.7 Å². The Morgan fingerprint density at radius 1 is 0.886 bits per heavy atom. The number of aryl methyl sites for hydroxylation is 2. The molecule has 0 saturated carbocycles. The van der Waals surface area contributed by atoms with E-state index in [2.05, 4.69) is 19.1 Å². The number of aliphatic hydroxyl groups is 1. The minimum absolute atomic E-state index is 0. The largest absolute Gasteiger partial charge is 1.00 e. The van der Waals surface area contributed by atoms with Crippen molar-refractivity contribution in [1.82, 2.24) is 0 Å². The molecule has 0 amide bonds. The fraction of sp³-hybridized carbons (Fsp3) is 0.500. The van der Waals surface area contributed by atoms with Crippen molar-refractivity contribution in [1.29, 1.82) is 0 Å². The molecule has 10 heteroatoms. The van der Waals surface area contributed by atoms with Crippen molar-refractivity contribution in [3.05, 3.63) is 75.1 Å². The standard InChI is InChI=1S/C34H44O7S.2Na.2H/c1-3-5-6-7-8-9-10-14-23-15-11-16-24(21-23)33(27(35)17-12-18-31(37)38)42-30-20-19-25-28(36)22-29(34(39)40)41-32(25)26(30)13-4-2;;;;/h11,15-16,19-22,27,33,35H,3-10,12-14,17-18H2,1-2H3,(H,37,38)(H,39,40);;;;/q;2*+1;2*-1. The first kappa shape index (κ1) is 40.9. The second-order valence-electron chi connectivity index (χ2n) is 11.0. The smallest absolute Gasteiger partial charge is 1.00 e. The minimum atomic E-state index is -1.31. The number of aliphatic carboxylic acids is 1. The Morgan fingerprint density at radius 2 is 1.59 bits per heavy atom. The van der Waals surface area contributed by atoms with Crippen molar-refractivity contribution < 1.29 is 91.3 Å². The van der Waals surface area contributed by atoms with E-state index < -0.39 is 34.5 Å². The predicted octanol–water partition coefficient (Wildman–Crippen LogP) is 2.42. The Morgan fingerprint density at radius 3 is 2.25 bits per heavy atom. The first-order chi connectivity index (χ1) is 20.2. The molecule has 2 aromatic carbocycles. The Kier molecular flexibility index (Phi) is 20.1. The van der Waals surface area contributed by atoms with Gasteiger partial charge in [-0.15, -0.1) is 11.8 Å². The molecule has 0 radical (unpaired) electrons. The van der Waals surface area contributed by atoms with Gasteiger partial charge in [-0.05, 0) is 55.4 Å². The molecule has 3 rings (SSSR count). The Hall–Kier alpha value is -1.10. The summed E-state index contributed by atoms with van der Waals surface area (Å²) in [6.45, 7) is 4.22. The van der Waals surface area contributed by atoms with Crippen molar-refractivity contribution in [3.63, 3.8) is 0 Å². The SMILES string of the molecule is CCCCCCCCCc1cccc(C(Sc2ccc3c(=O)cc(C(=O)O)oc3c2CCC)C(O)CCCC(=O)O)c1.[H-].[H-].[Na+].[Na+]. The molecule has 2 atom stereocenters. The number of hydrogen-bond donors (Lipinski definition) is 3. The Balaban J connectivity index is 0. The second-order valence-corrected chi connectivity index (χ2v) is 12.1. The van der Waals surface area contributed by atoms with Crippen LogP contribution in [-0.2, 0) is 17.6 Å². The molecule has 0 fully saturated rings. The van der Waals surface area contributed by atoms with Gasteiger partial charge in [0.1, 0.15) is 5.58 Å². The molecule has 1 aromatic heterocycles. The second kappa shape index (κ2) is 21.6. The molecular formula is C34H46Na2O7S. The van der Waals surface area contributed by atoms with Crippen LogP contribution in [0.1, 0.15) is 120 Å². The van der Waals surface area contributed by atoms with Gasteiger partial charge in [-0.25, -0.2) is 4.79 Å². The molecule has 3 aromatic rings. The number of unbranched alkanes of at least 4 members (excludes halogenated alkanes) is 6. The van der Waals surface area contributed by atoms with Crippen LogP contribution < -0.4 is 64.5 Å². The molecule has 44 heavy (non-hydrogen) atoms. The topological polar surface area (TPSA) is 125 Å². The number of hydrogen-bond acceptors (Lipinski definition) is 6. The fourth-order valence-electron chi connectivity index (χ4n) is 5.29. The first-order valence-electron chi connectivity index (χ1n) is 15.2. The number of carboxylic acids is 2. The van der Waals surface area contributed by atoms with Crippen molar-refractivity contribution in [2.75, 3.05) is 0 Å². The summed E-state index contributed by atoms with van der Waals surface area (Å²) in [5.41, 5.74) is 2.74. The van der Waals surface area contributed by atoms with E-state index in [0.29, 0.717) is 24.6 Å². The third kappa shape index (κ3) is 12.6. The summed E-state index contributed by atoms with van der Waals surface area (Å²) in [6, 6.07) is 12.7. The molecule has 232 valence electrons. The van der Waals surface area contributed by atoms with Gasteiger partial charge in [0.2, 0.25) is 5.76 Å². The van der Waals surface area contributed by atoms with Crippen LogP contribution in [0.25, 0.3) is 11.0 Å². The number of fused-ring (bicyclic) bond motifs is 1.